The molecule has 1 aromatic carbocycles. The normalized spacial score (nSPS) is 19.6. The van der Waals surface area contributed by atoms with Crippen LogP contribution in [-0.4, -0.2) is 17.7 Å². The van der Waals surface area contributed by atoms with Crippen molar-refractivity contribution in [3.63, 3.8) is 0 Å². The first-order valence-corrected chi connectivity index (χ1v) is 6.73. The van der Waals surface area contributed by atoms with E-state index in [0.717, 1.165) is 11.0 Å². The number of anilines is 1. The third-order valence-electron chi connectivity index (χ3n) is 3.01. The van der Waals surface area contributed by atoms with Gasteiger partial charge in [-0.1, -0.05) is 15.9 Å². The molecule has 0 N–H and O–H groups in total. The van der Waals surface area contributed by atoms with Crippen LogP contribution in [0.4, 0.5) is 18.9 Å². The standard InChI is InChI=1S/C12H8BrClF3NO2/c13-9-2-1-7(4-8(9)12(15,16)17)18-5-6(11(14)20)3-10(18)19/h1-2,4,6H,3,5H2. The van der Waals surface area contributed by atoms with Crippen LogP contribution in [0.15, 0.2) is 22.7 Å². The Kier molecular flexibility index (Phi) is 4.11. The average Bonchev–Trinajstić information content (AvgIpc) is 2.71. The molecule has 108 valence electrons. The minimum atomic E-state index is -4.53. The number of amides is 1. The molecule has 1 aromatic rings. The van der Waals surface area contributed by atoms with Gasteiger partial charge in [0.05, 0.1) is 11.5 Å². The predicted octanol–water partition coefficient (Wildman–Crippen LogP) is 3.59. The molecule has 1 atom stereocenters. The molecule has 0 bridgehead atoms. The first-order valence-electron chi connectivity index (χ1n) is 5.56. The lowest BCUT2D eigenvalue weighted by molar-refractivity contribution is -0.138. The second-order valence-corrected chi connectivity index (χ2v) is 5.60. The van der Waals surface area contributed by atoms with Crippen molar-refractivity contribution in [1.29, 1.82) is 0 Å². The van der Waals surface area contributed by atoms with Gasteiger partial charge in [-0.15, -0.1) is 0 Å². The first kappa shape index (κ1) is 15.3. The molecule has 0 spiro atoms. The summed E-state index contributed by atoms with van der Waals surface area (Å²) in [5.74, 6) is -1.10. The van der Waals surface area contributed by atoms with Crippen molar-refractivity contribution in [2.24, 2.45) is 5.92 Å². The molecule has 2 rings (SSSR count). The Morgan fingerprint density at radius 1 is 1.40 bits per heavy atom. The summed E-state index contributed by atoms with van der Waals surface area (Å²) in [4.78, 5) is 24.0. The maximum atomic E-state index is 12.8. The van der Waals surface area contributed by atoms with Crippen LogP contribution in [-0.2, 0) is 15.8 Å². The Bertz CT molecular complexity index is 576. The zero-order valence-corrected chi connectivity index (χ0v) is 12.2. The van der Waals surface area contributed by atoms with Crippen LogP contribution in [0.2, 0.25) is 0 Å². The number of rotatable bonds is 2. The summed E-state index contributed by atoms with van der Waals surface area (Å²) in [6.07, 6.45) is -4.61. The van der Waals surface area contributed by atoms with Crippen LogP contribution in [0, 0.1) is 5.92 Å². The Hall–Kier alpha value is -1.08. The fraction of sp³-hybridized carbons (Fsp3) is 0.333. The second kappa shape index (κ2) is 5.37. The smallest absolute Gasteiger partial charge is 0.312 e. The molecule has 1 aliphatic rings. The zero-order valence-electron chi connectivity index (χ0n) is 9.88. The summed E-state index contributed by atoms with van der Waals surface area (Å²) >= 11 is 8.15. The van der Waals surface area contributed by atoms with Crippen molar-refractivity contribution in [2.45, 2.75) is 12.6 Å². The van der Waals surface area contributed by atoms with Gasteiger partial charge < -0.3 is 4.90 Å². The third-order valence-corrected chi connectivity index (χ3v) is 4.01. The Balaban J connectivity index is 2.35. The van der Waals surface area contributed by atoms with E-state index in [9.17, 15) is 22.8 Å². The van der Waals surface area contributed by atoms with Crippen molar-refractivity contribution in [3.8, 4) is 0 Å². The van der Waals surface area contributed by atoms with Gasteiger partial charge in [0.25, 0.3) is 0 Å². The van der Waals surface area contributed by atoms with Gasteiger partial charge in [0.1, 0.15) is 0 Å². The van der Waals surface area contributed by atoms with E-state index in [1.54, 1.807) is 0 Å². The molecular weight excluding hydrogens is 362 g/mol. The van der Waals surface area contributed by atoms with E-state index < -0.39 is 28.8 Å². The summed E-state index contributed by atoms with van der Waals surface area (Å²) < 4.78 is 38.3. The average molecular weight is 371 g/mol. The number of benzene rings is 1. The van der Waals surface area contributed by atoms with Crippen LogP contribution >= 0.6 is 27.5 Å². The van der Waals surface area contributed by atoms with E-state index in [-0.39, 0.29) is 23.1 Å². The number of nitrogens with zero attached hydrogens (tertiary/aromatic N) is 1. The Morgan fingerprint density at radius 3 is 2.55 bits per heavy atom. The summed E-state index contributed by atoms with van der Waals surface area (Å²) in [7, 11) is 0. The van der Waals surface area contributed by atoms with Gasteiger partial charge in [-0.3, -0.25) is 9.59 Å². The van der Waals surface area contributed by atoms with Gasteiger partial charge in [-0.2, -0.15) is 13.2 Å². The summed E-state index contributed by atoms with van der Waals surface area (Å²) in [5, 5.41) is -0.658. The minimum Gasteiger partial charge on any atom is -0.312 e. The molecule has 1 heterocycles. The molecule has 1 amide bonds. The molecule has 3 nitrogen and oxygen atoms in total. The van der Waals surface area contributed by atoms with Gasteiger partial charge in [0, 0.05) is 23.1 Å². The zero-order chi connectivity index (χ0) is 15.1. The summed E-state index contributed by atoms with van der Waals surface area (Å²) in [5.41, 5.74) is -0.769. The molecule has 1 fully saturated rings. The second-order valence-electron chi connectivity index (χ2n) is 4.37. The van der Waals surface area contributed by atoms with Gasteiger partial charge in [0.15, 0.2) is 0 Å². The molecular formula is C12H8BrClF3NO2. The van der Waals surface area contributed by atoms with E-state index in [4.69, 9.17) is 11.6 Å². The summed E-state index contributed by atoms with van der Waals surface area (Å²) in [6, 6.07) is 3.49. The SMILES string of the molecule is O=C(Cl)C1CC(=O)N(c2ccc(Br)c(C(F)(F)F)c2)C1. The third kappa shape index (κ3) is 2.98. The molecule has 1 unspecified atom stereocenters. The van der Waals surface area contributed by atoms with E-state index >= 15 is 0 Å². The lowest BCUT2D eigenvalue weighted by Crippen LogP contribution is -2.25. The number of carbonyl (C=O) groups excluding carboxylic acids is 2. The van der Waals surface area contributed by atoms with Crippen molar-refractivity contribution >= 4 is 44.4 Å². The fourth-order valence-corrected chi connectivity index (χ4v) is 2.63. The number of halogens is 5. The van der Waals surface area contributed by atoms with Gasteiger partial charge in [0.2, 0.25) is 11.1 Å². The molecule has 8 heteroatoms. The van der Waals surface area contributed by atoms with Crippen LogP contribution in [0.1, 0.15) is 12.0 Å². The number of alkyl halides is 3. The molecule has 1 aliphatic heterocycles. The lowest BCUT2D eigenvalue weighted by atomic mass is 10.1. The van der Waals surface area contributed by atoms with Crippen molar-refractivity contribution in [3.05, 3.63) is 28.2 Å². The van der Waals surface area contributed by atoms with Crippen molar-refractivity contribution in [2.75, 3.05) is 11.4 Å². The monoisotopic (exact) mass is 369 g/mol. The van der Waals surface area contributed by atoms with Gasteiger partial charge in [-0.25, -0.2) is 0 Å². The van der Waals surface area contributed by atoms with Crippen LogP contribution in [0.5, 0.6) is 0 Å². The quantitative estimate of drug-likeness (QED) is 0.746. The highest BCUT2D eigenvalue weighted by Crippen LogP contribution is 2.38. The van der Waals surface area contributed by atoms with Gasteiger partial charge in [-0.05, 0) is 29.8 Å². The lowest BCUT2D eigenvalue weighted by Gasteiger charge is -2.18. The number of hydrogen-bond acceptors (Lipinski definition) is 2. The van der Waals surface area contributed by atoms with E-state index in [0.29, 0.717) is 0 Å². The van der Waals surface area contributed by atoms with E-state index in [2.05, 4.69) is 15.9 Å². The highest BCUT2D eigenvalue weighted by atomic mass is 79.9. The highest BCUT2D eigenvalue weighted by Gasteiger charge is 2.37. The van der Waals surface area contributed by atoms with Crippen molar-refractivity contribution < 1.29 is 22.8 Å². The van der Waals surface area contributed by atoms with Crippen molar-refractivity contribution in [1.82, 2.24) is 0 Å². The predicted molar refractivity (Wildman–Crippen MR) is 70.5 cm³/mol. The topological polar surface area (TPSA) is 37.4 Å². The van der Waals surface area contributed by atoms with Gasteiger partial charge >= 0.3 is 6.18 Å². The van der Waals surface area contributed by atoms with Crippen LogP contribution in [0.25, 0.3) is 0 Å². The Labute approximate surface area is 125 Å². The maximum Gasteiger partial charge on any atom is 0.417 e. The molecule has 1 saturated heterocycles. The Morgan fingerprint density at radius 2 is 2.05 bits per heavy atom. The summed E-state index contributed by atoms with van der Waals surface area (Å²) in [6.45, 7) is 0.0000954. The molecule has 0 aromatic heterocycles. The van der Waals surface area contributed by atoms with Crippen LogP contribution < -0.4 is 4.90 Å². The van der Waals surface area contributed by atoms with Crippen LogP contribution in [0.3, 0.4) is 0 Å². The molecule has 0 radical (unpaired) electrons. The maximum absolute atomic E-state index is 12.8. The first-order chi connectivity index (χ1) is 9.20. The number of hydrogen-bond donors (Lipinski definition) is 0. The molecule has 0 saturated carbocycles. The van der Waals surface area contributed by atoms with E-state index in [1.807, 2.05) is 0 Å². The van der Waals surface area contributed by atoms with E-state index in [1.165, 1.54) is 12.1 Å². The molecule has 0 aliphatic carbocycles. The fourth-order valence-electron chi connectivity index (χ4n) is 2.01. The number of carbonyl (C=O) groups is 2. The molecule has 20 heavy (non-hydrogen) atoms. The minimum absolute atomic E-state index is 0.0000954. The highest BCUT2D eigenvalue weighted by molar-refractivity contribution is 9.10. The largest absolute Gasteiger partial charge is 0.417 e.